The first kappa shape index (κ1) is 19.4. The molecule has 0 atom stereocenters. The molecule has 10 heteroatoms. The monoisotopic (exact) mass is 417 g/mol. The van der Waals surface area contributed by atoms with Gasteiger partial charge in [-0.3, -0.25) is 9.78 Å². The third-order valence-corrected chi connectivity index (χ3v) is 4.32. The average Bonchev–Trinajstić information content (AvgIpc) is 2.57. The zero-order valence-corrected chi connectivity index (χ0v) is 15.8. The van der Waals surface area contributed by atoms with Crippen molar-refractivity contribution in [1.29, 1.82) is 0 Å². The van der Waals surface area contributed by atoms with Gasteiger partial charge in [-0.25, -0.2) is 0 Å². The van der Waals surface area contributed by atoms with Crippen LogP contribution >= 0.6 is 23.2 Å². The van der Waals surface area contributed by atoms with Crippen molar-refractivity contribution in [3.8, 4) is 11.5 Å². The molecule has 1 aromatic carbocycles. The largest absolute Gasteiger partial charge is 0.480 e. The fraction of sp³-hybridized carbons (Fsp3) is 0.294. The molecule has 2 heterocycles. The number of ether oxygens (including phenoxy) is 2. The third-order valence-electron chi connectivity index (χ3n) is 3.74. The molecule has 0 bridgehead atoms. The maximum atomic E-state index is 12.8. The second-order valence-corrected chi connectivity index (χ2v) is 7.16. The van der Waals surface area contributed by atoms with E-state index in [1.807, 2.05) is 0 Å². The molecule has 1 aromatic heterocycles. The first-order valence-electron chi connectivity index (χ1n) is 7.83. The minimum atomic E-state index is -3.03. The number of carbonyl (C=O) groups is 1. The molecule has 0 spiro atoms. The van der Waals surface area contributed by atoms with Gasteiger partial charge in [0.1, 0.15) is 5.60 Å². The second-order valence-electron chi connectivity index (χ2n) is 6.34. The summed E-state index contributed by atoms with van der Waals surface area (Å²) in [5.41, 5.74) is -0.0885. The van der Waals surface area contributed by atoms with Gasteiger partial charge in [0.25, 0.3) is 5.91 Å². The van der Waals surface area contributed by atoms with Crippen LogP contribution in [-0.2, 0) is 0 Å². The van der Waals surface area contributed by atoms with Crippen molar-refractivity contribution in [2.75, 3.05) is 17.2 Å². The molecule has 1 aliphatic heterocycles. The van der Waals surface area contributed by atoms with E-state index in [1.165, 1.54) is 24.5 Å². The van der Waals surface area contributed by atoms with E-state index in [9.17, 15) is 13.6 Å². The minimum Gasteiger partial charge on any atom is -0.480 e. The van der Waals surface area contributed by atoms with Gasteiger partial charge < -0.3 is 20.1 Å². The molecule has 0 radical (unpaired) electrons. The number of amides is 1. The summed E-state index contributed by atoms with van der Waals surface area (Å²) in [7, 11) is 0. The number of carbonyl (C=O) groups excluding carboxylic acids is 1. The van der Waals surface area contributed by atoms with E-state index in [0.29, 0.717) is 6.54 Å². The van der Waals surface area contributed by atoms with Crippen molar-refractivity contribution in [2.24, 2.45) is 0 Å². The summed E-state index contributed by atoms with van der Waals surface area (Å²) in [5, 5.41) is 5.96. The predicted octanol–water partition coefficient (Wildman–Crippen LogP) is 4.83. The highest BCUT2D eigenvalue weighted by Gasteiger charge is 2.33. The number of anilines is 2. The Hall–Kier alpha value is -2.32. The summed E-state index contributed by atoms with van der Waals surface area (Å²) in [6, 6.07) is 2.60. The van der Waals surface area contributed by atoms with Gasteiger partial charge in [0.2, 0.25) is 0 Å². The average molecular weight is 418 g/mol. The molecular formula is C17H15Cl2F2N3O3. The fourth-order valence-corrected chi connectivity index (χ4v) is 3.00. The number of hydrogen-bond acceptors (Lipinski definition) is 5. The summed E-state index contributed by atoms with van der Waals surface area (Å²) in [6.07, 6.45) is 2.67. The molecule has 2 aromatic rings. The number of nitrogens with one attached hydrogen (secondary N) is 2. The zero-order valence-electron chi connectivity index (χ0n) is 14.3. The van der Waals surface area contributed by atoms with Gasteiger partial charge in [0.15, 0.2) is 11.5 Å². The van der Waals surface area contributed by atoms with Crippen molar-refractivity contribution in [2.45, 2.75) is 26.1 Å². The van der Waals surface area contributed by atoms with Gasteiger partial charge >= 0.3 is 6.61 Å². The van der Waals surface area contributed by atoms with Crippen LogP contribution in [0.25, 0.3) is 0 Å². The molecular weight excluding hydrogens is 403 g/mol. The number of fused-ring (bicyclic) bond motifs is 1. The van der Waals surface area contributed by atoms with E-state index >= 15 is 0 Å². The smallest absolute Gasteiger partial charge is 0.387 e. The molecule has 1 amide bonds. The first-order chi connectivity index (χ1) is 12.7. The number of nitrogens with zero attached hydrogens (tertiary/aromatic N) is 1. The standard InChI is InChI=1S/C17H15Cl2F2N3O3/c1-17(2)7-23-12-8(3-4-11(14(12)27-17)26-16(20)21)15(25)24-13-9(18)5-22-6-10(13)19/h3-6,16,23H,7H2,1-2H3,(H,22,24,25). The van der Waals surface area contributed by atoms with Crippen LogP contribution in [0.5, 0.6) is 11.5 Å². The van der Waals surface area contributed by atoms with Crippen LogP contribution in [0.4, 0.5) is 20.2 Å². The Morgan fingerprint density at radius 3 is 2.63 bits per heavy atom. The molecule has 0 saturated carbocycles. The molecule has 27 heavy (non-hydrogen) atoms. The van der Waals surface area contributed by atoms with Crippen molar-refractivity contribution in [1.82, 2.24) is 4.98 Å². The molecule has 0 fully saturated rings. The van der Waals surface area contributed by atoms with Crippen LogP contribution in [0.1, 0.15) is 24.2 Å². The van der Waals surface area contributed by atoms with Crippen molar-refractivity contribution >= 4 is 40.5 Å². The van der Waals surface area contributed by atoms with E-state index in [2.05, 4.69) is 20.4 Å². The lowest BCUT2D eigenvalue weighted by atomic mass is 10.0. The highest BCUT2D eigenvalue weighted by Crippen LogP contribution is 2.44. The Morgan fingerprint density at radius 1 is 1.33 bits per heavy atom. The van der Waals surface area contributed by atoms with Crippen LogP contribution in [-0.4, -0.2) is 29.6 Å². The highest BCUT2D eigenvalue weighted by atomic mass is 35.5. The van der Waals surface area contributed by atoms with Gasteiger partial charge in [-0.15, -0.1) is 0 Å². The Bertz CT molecular complexity index is 874. The number of benzene rings is 1. The second kappa shape index (κ2) is 7.36. The number of halogens is 4. The van der Waals surface area contributed by atoms with E-state index in [-0.39, 0.29) is 38.5 Å². The Labute approximate surface area is 163 Å². The molecule has 0 saturated heterocycles. The van der Waals surface area contributed by atoms with E-state index in [1.54, 1.807) is 13.8 Å². The van der Waals surface area contributed by atoms with Crippen molar-refractivity contribution < 1.29 is 23.0 Å². The maximum Gasteiger partial charge on any atom is 0.387 e. The number of pyridine rings is 1. The maximum absolute atomic E-state index is 12.8. The molecule has 0 aliphatic carbocycles. The molecule has 1 aliphatic rings. The normalized spacial score (nSPS) is 14.8. The number of hydrogen-bond donors (Lipinski definition) is 2. The van der Waals surface area contributed by atoms with Gasteiger partial charge in [0.05, 0.1) is 33.5 Å². The Morgan fingerprint density at radius 2 is 2.00 bits per heavy atom. The van der Waals surface area contributed by atoms with Gasteiger partial charge in [-0.05, 0) is 26.0 Å². The minimum absolute atomic E-state index is 0.0334. The fourth-order valence-electron chi connectivity index (χ4n) is 2.54. The van der Waals surface area contributed by atoms with E-state index in [0.717, 1.165) is 0 Å². The van der Waals surface area contributed by atoms with Crippen LogP contribution in [0.15, 0.2) is 24.5 Å². The zero-order chi connectivity index (χ0) is 19.8. The van der Waals surface area contributed by atoms with Gasteiger partial charge in [-0.1, -0.05) is 23.2 Å². The van der Waals surface area contributed by atoms with Crippen LogP contribution in [0.3, 0.4) is 0 Å². The van der Waals surface area contributed by atoms with Crippen molar-refractivity contribution in [3.05, 3.63) is 40.1 Å². The number of aromatic nitrogens is 1. The van der Waals surface area contributed by atoms with Crippen LogP contribution < -0.4 is 20.1 Å². The first-order valence-corrected chi connectivity index (χ1v) is 8.58. The van der Waals surface area contributed by atoms with E-state index < -0.39 is 18.1 Å². The van der Waals surface area contributed by atoms with Crippen LogP contribution in [0, 0.1) is 0 Å². The Kier molecular flexibility index (Phi) is 5.30. The van der Waals surface area contributed by atoms with E-state index in [4.69, 9.17) is 27.9 Å². The van der Waals surface area contributed by atoms with Gasteiger partial charge in [-0.2, -0.15) is 8.78 Å². The molecule has 0 unspecified atom stereocenters. The lowest BCUT2D eigenvalue weighted by Crippen LogP contribution is -2.41. The summed E-state index contributed by atoms with van der Waals surface area (Å²) >= 11 is 12.0. The molecule has 2 N–H and O–H groups in total. The third kappa shape index (κ3) is 4.17. The quantitative estimate of drug-likeness (QED) is 0.745. The Balaban J connectivity index is 2.00. The summed E-state index contributed by atoms with van der Waals surface area (Å²) in [6.45, 7) is 0.878. The van der Waals surface area contributed by atoms with Gasteiger partial charge in [0, 0.05) is 12.4 Å². The number of alkyl halides is 2. The predicted molar refractivity (Wildman–Crippen MR) is 98.5 cm³/mol. The summed E-state index contributed by atoms with van der Waals surface area (Å²) in [5.74, 6) is -0.691. The SMILES string of the molecule is CC1(C)CNc2c(C(=O)Nc3c(Cl)cncc3Cl)ccc(OC(F)F)c2O1. The number of rotatable bonds is 4. The molecule has 3 rings (SSSR count). The van der Waals surface area contributed by atoms with Crippen molar-refractivity contribution in [3.63, 3.8) is 0 Å². The van der Waals surface area contributed by atoms with Crippen LogP contribution in [0.2, 0.25) is 10.0 Å². The summed E-state index contributed by atoms with van der Waals surface area (Å²) in [4.78, 5) is 16.6. The topological polar surface area (TPSA) is 72.5 Å². The lowest BCUT2D eigenvalue weighted by Gasteiger charge is -2.35. The highest BCUT2D eigenvalue weighted by molar-refractivity contribution is 6.39. The molecule has 144 valence electrons. The lowest BCUT2D eigenvalue weighted by molar-refractivity contribution is -0.0531. The molecule has 6 nitrogen and oxygen atoms in total. The summed E-state index contributed by atoms with van der Waals surface area (Å²) < 4.78 is 35.7.